The lowest BCUT2D eigenvalue weighted by Crippen LogP contribution is -2.19. The van der Waals surface area contributed by atoms with E-state index in [9.17, 15) is 14.3 Å². The fourth-order valence-electron chi connectivity index (χ4n) is 3.36. The van der Waals surface area contributed by atoms with Gasteiger partial charge in [-0.25, -0.2) is 9.37 Å². The molecule has 0 aliphatic rings. The van der Waals surface area contributed by atoms with Crippen LogP contribution in [0.2, 0.25) is 0 Å². The Morgan fingerprint density at radius 1 is 1.22 bits per heavy atom. The number of aliphatic imine (C=N–C) groups is 1. The Bertz CT molecular complexity index is 1410. The molecule has 0 fully saturated rings. The number of nitrogen functional groups attached to an aromatic ring is 2. The number of hydrogen-bond acceptors (Lipinski definition) is 8. The van der Waals surface area contributed by atoms with E-state index in [2.05, 4.69) is 15.3 Å². The summed E-state index contributed by atoms with van der Waals surface area (Å²) >= 11 is 1.22. The van der Waals surface area contributed by atoms with Crippen LogP contribution < -0.4 is 16.8 Å². The number of aliphatic hydroxyl groups is 1. The Morgan fingerprint density at radius 2 is 2.03 bits per heavy atom. The summed E-state index contributed by atoms with van der Waals surface area (Å²) in [5.74, 6) is -0.982. The Morgan fingerprint density at radius 3 is 2.72 bits per heavy atom. The summed E-state index contributed by atoms with van der Waals surface area (Å²) in [6.45, 7) is 3.86. The number of nitrogens with one attached hydrogen (secondary N) is 1. The third-order valence-corrected chi connectivity index (χ3v) is 6.26. The first kappa shape index (κ1) is 25.1. The molecule has 0 atom stereocenters. The molecule has 2 aromatic carbocycles. The lowest BCUT2D eigenvalue weighted by Gasteiger charge is -2.15. The summed E-state index contributed by atoms with van der Waals surface area (Å²) in [4.78, 5) is 21.8. The van der Waals surface area contributed by atoms with Crippen molar-refractivity contribution in [1.29, 1.82) is 0 Å². The zero-order valence-electron chi connectivity index (χ0n) is 19.8. The fraction of sp³-hybridized carbons (Fsp3) is 0.192. The van der Waals surface area contributed by atoms with Crippen LogP contribution in [0, 0.1) is 5.82 Å². The molecule has 4 aromatic rings. The van der Waals surface area contributed by atoms with E-state index in [0.717, 1.165) is 5.56 Å². The number of amides is 1. The van der Waals surface area contributed by atoms with Crippen LogP contribution in [0.5, 0.6) is 0 Å². The first-order valence-electron chi connectivity index (χ1n) is 11.1. The van der Waals surface area contributed by atoms with Crippen LogP contribution in [0.15, 0.2) is 63.7 Å². The number of aromatic nitrogens is 1. The van der Waals surface area contributed by atoms with Crippen LogP contribution in [0.25, 0.3) is 21.7 Å². The number of furan rings is 1. The fourth-order valence-corrected chi connectivity index (χ4v) is 4.16. The molecule has 2 heterocycles. The van der Waals surface area contributed by atoms with Gasteiger partial charge in [0.05, 0.1) is 23.8 Å². The molecule has 0 spiro atoms. The van der Waals surface area contributed by atoms with Crippen LogP contribution in [0.4, 0.5) is 21.5 Å². The number of hydrogen-bond donors (Lipinski definition) is 4. The molecule has 0 saturated heterocycles. The SMILES string of the molecule is CC(C)(O)CCN=Cc1cc(NC(=O)c2csc(-c3ccc(N)c(F)c3)n2)c(-c2ccoc2)cc1N. The van der Waals surface area contributed by atoms with Crippen LogP contribution in [0.1, 0.15) is 36.3 Å². The summed E-state index contributed by atoms with van der Waals surface area (Å²) < 4.78 is 19.1. The second-order valence-corrected chi connectivity index (χ2v) is 9.72. The molecular formula is C26H26FN5O3S. The average molecular weight is 508 g/mol. The van der Waals surface area contributed by atoms with Gasteiger partial charge in [0.25, 0.3) is 5.91 Å². The van der Waals surface area contributed by atoms with Gasteiger partial charge in [-0.3, -0.25) is 9.79 Å². The van der Waals surface area contributed by atoms with Crippen LogP contribution >= 0.6 is 11.3 Å². The minimum atomic E-state index is -0.822. The molecule has 2 aromatic heterocycles. The summed E-state index contributed by atoms with van der Waals surface area (Å²) in [5, 5.41) is 14.9. The number of rotatable bonds is 8. The van der Waals surface area contributed by atoms with E-state index >= 15 is 0 Å². The van der Waals surface area contributed by atoms with Gasteiger partial charge in [-0.05, 0) is 56.7 Å². The quantitative estimate of drug-likeness (QED) is 0.191. The molecule has 0 bridgehead atoms. The smallest absolute Gasteiger partial charge is 0.275 e. The van der Waals surface area contributed by atoms with E-state index < -0.39 is 17.3 Å². The van der Waals surface area contributed by atoms with Gasteiger partial charge in [0.2, 0.25) is 0 Å². The van der Waals surface area contributed by atoms with E-state index in [0.29, 0.717) is 46.0 Å². The summed E-state index contributed by atoms with van der Waals surface area (Å²) in [6, 6.07) is 9.63. The number of nitrogens with two attached hydrogens (primary N) is 2. The molecule has 36 heavy (non-hydrogen) atoms. The van der Waals surface area contributed by atoms with E-state index in [1.54, 1.807) is 56.0 Å². The predicted molar refractivity (Wildman–Crippen MR) is 142 cm³/mol. The lowest BCUT2D eigenvalue weighted by molar-refractivity contribution is 0.0739. The Kier molecular flexibility index (Phi) is 7.18. The van der Waals surface area contributed by atoms with Crippen molar-refractivity contribution in [2.24, 2.45) is 4.99 Å². The van der Waals surface area contributed by atoms with Crippen molar-refractivity contribution in [3.8, 4) is 21.7 Å². The number of thiazole rings is 1. The highest BCUT2D eigenvalue weighted by atomic mass is 32.1. The van der Waals surface area contributed by atoms with Gasteiger partial charge in [0.15, 0.2) is 0 Å². The van der Waals surface area contributed by atoms with E-state index in [4.69, 9.17) is 15.9 Å². The molecule has 6 N–H and O–H groups in total. The van der Waals surface area contributed by atoms with Crippen molar-refractivity contribution in [2.75, 3.05) is 23.3 Å². The normalized spacial score (nSPS) is 11.8. The van der Waals surface area contributed by atoms with Crippen molar-refractivity contribution in [2.45, 2.75) is 25.9 Å². The highest BCUT2D eigenvalue weighted by Gasteiger charge is 2.17. The van der Waals surface area contributed by atoms with Crippen LogP contribution in [-0.4, -0.2) is 34.4 Å². The molecule has 0 aliphatic carbocycles. The Hall–Kier alpha value is -4.02. The van der Waals surface area contributed by atoms with Gasteiger partial charge in [-0.1, -0.05) is 0 Å². The topological polar surface area (TPSA) is 140 Å². The zero-order chi connectivity index (χ0) is 25.9. The second-order valence-electron chi connectivity index (χ2n) is 8.86. The second kappa shape index (κ2) is 10.3. The molecular weight excluding hydrogens is 481 g/mol. The predicted octanol–water partition coefficient (Wildman–Crippen LogP) is 5.21. The first-order valence-corrected chi connectivity index (χ1v) is 12.0. The molecule has 10 heteroatoms. The number of halogens is 1. The largest absolute Gasteiger partial charge is 0.472 e. The maximum absolute atomic E-state index is 13.9. The van der Waals surface area contributed by atoms with Gasteiger partial charge in [-0.15, -0.1) is 11.3 Å². The van der Waals surface area contributed by atoms with Crippen molar-refractivity contribution >= 4 is 40.5 Å². The highest BCUT2D eigenvalue weighted by Crippen LogP contribution is 2.33. The van der Waals surface area contributed by atoms with Crippen LogP contribution in [0.3, 0.4) is 0 Å². The van der Waals surface area contributed by atoms with E-state index in [1.165, 1.54) is 29.7 Å². The summed E-state index contributed by atoms with van der Waals surface area (Å²) in [7, 11) is 0. The summed E-state index contributed by atoms with van der Waals surface area (Å²) in [5.41, 5.74) is 14.7. The maximum Gasteiger partial charge on any atom is 0.275 e. The van der Waals surface area contributed by atoms with Gasteiger partial charge in [0, 0.05) is 51.8 Å². The standard InChI is InChI=1S/C26H26FN5O3S/c1-26(2,34)6-7-30-12-17-10-22(18(11-21(17)29)16-5-8-35-13-16)31-24(33)23-14-36-25(32-23)15-3-4-20(28)19(27)9-15/h3-5,8-14,34H,6-7,28-29H2,1-2H3,(H,31,33). The Balaban J connectivity index is 1.61. The zero-order valence-corrected chi connectivity index (χ0v) is 20.6. The molecule has 0 aliphatic heterocycles. The molecule has 1 amide bonds. The molecule has 0 saturated carbocycles. The molecule has 4 rings (SSSR count). The minimum Gasteiger partial charge on any atom is -0.472 e. The molecule has 8 nitrogen and oxygen atoms in total. The van der Waals surface area contributed by atoms with Crippen LogP contribution in [-0.2, 0) is 0 Å². The van der Waals surface area contributed by atoms with Crippen molar-refractivity contribution < 1.29 is 18.7 Å². The summed E-state index contributed by atoms with van der Waals surface area (Å²) in [6.07, 6.45) is 5.19. The van der Waals surface area contributed by atoms with Crippen molar-refractivity contribution in [1.82, 2.24) is 4.98 Å². The maximum atomic E-state index is 13.9. The van der Waals surface area contributed by atoms with Gasteiger partial charge < -0.3 is 26.3 Å². The lowest BCUT2D eigenvalue weighted by atomic mass is 10.0. The number of anilines is 3. The first-order chi connectivity index (χ1) is 17.1. The van der Waals surface area contributed by atoms with Crippen molar-refractivity contribution in [3.05, 3.63) is 71.4 Å². The minimum absolute atomic E-state index is 0.0443. The average Bonchev–Trinajstić information content (AvgIpc) is 3.52. The molecule has 186 valence electrons. The molecule has 0 unspecified atom stereocenters. The van der Waals surface area contributed by atoms with Gasteiger partial charge in [-0.2, -0.15) is 0 Å². The molecule has 0 radical (unpaired) electrons. The van der Waals surface area contributed by atoms with E-state index in [1.807, 2.05) is 0 Å². The number of carbonyl (C=O) groups is 1. The number of carbonyl (C=O) groups excluding carboxylic acids is 1. The van der Waals surface area contributed by atoms with Crippen molar-refractivity contribution in [3.63, 3.8) is 0 Å². The van der Waals surface area contributed by atoms with Gasteiger partial charge in [0.1, 0.15) is 16.5 Å². The Labute approximate surface area is 211 Å². The number of benzene rings is 2. The highest BCUT2D eigenvalue weighted by molar-refractivity contribution is 7.13. The van der Waals surface area contributed by atoms with Gasteiger partial charge >= 0.3 is 0 Å². The third kappa shape index (κ3) is 5.96. The van der Waals surface area contributed by atoms with E-state index in [-0.39, 0.29) is 11.4 Å². The monoisotopic (exact) mass is 507 g/mol. The third-order valence-electron chi connectivity index (χ3n) is 5.37. The number of nitrogens with zero attached hydrogens (tertiary/aromatic N) is 2.